The quantitative estimate of drug-likeness (QED) is 0.212. The van der Waals surface area contributed by atoms with Crippen LogP contribution in [0.5, 0.6) is 0 Å². The molecule has 0 atom stereocenters. The molecule has 0 amide bonds. The maximum absolute atomic E-state index is 2.12. The van der Waals surface area contributed by atoms with Gasteiger partial charge in [-0.05, 0) is 0 Å². The number of hydrogen-bond donors (Lipinski definition) is 0. The van der Waals surface area contributed by atoms with E-state index in [9.17, 15) is 0 Å². The summed E-state index contributed by atoms with van der Waals surface area (Å²) in [7, 11) is 0. The molecule has 0 aromatic heterocycles. The van der Waals surface area contributed by atoms with E-state index in [0.717, 1.165) is 0 Å². The van der Waals surface area contributed by atoms with E-state index in [1.807, 2.05) is 61.6 Å². The van der Waals surface area contributed by atoms with Gasteiger partial charge in [0.2, 0.25) is 0 Å². The van der Waals surface area contributed by atoms with E-state index in [1.54, 1.807) is 0 Å². The van der Waals surface area contributed by atoms with Crippen LogP contribution in [0.4, 0.5) is 0 Å². The fourth-order valence-electron chi connectivity index (χ4n) is 0. The summed E-state index contributed by atoms with van der Waals surface area (Å²) >= 11 is 11.5. The van der Waals surface area contributed by atoms with Crippen molar-refractivity contribution in [1.82, 2.24) is 0 Å². The molecule has 0 saturated heterocycles. The fraction of sp³-hybridized carbons (Fsp3) is 0. The van der Waals surface area contributed by atoms with Crippen LogP contribution in [0.2, 0.25) is 0 Å². The summed E-state index contributed by atoms with van der Waals surface area (Å²) in [5, 5.41) is 0. The average Bonchev–Trinajstić information content (AvgIpc) is 1.81. The van der Waals surface area contributed by atoms with Crippen LogP contribution in [0.15, 0.2) is 0 Å². The van der Waals surface area contributed by atoms with Gasteiger partial charge < -0.3 is 0 Å². The second-order valence-corrected chi connectivity index (χ2v) is 0. The van der Waals surface area contributed by atoms with Crippen LogP contribution in [-0.2, 0) is 0 Å². The molecule has 0 aliphatic rings. The van der Waals surface area contributed by atoms with Crippen LogP contribution in [0.25, 0.3) is 0 Å². The molecule has 23 heteroatoms. The SMILES string of the molecule is [Ca].[Ca].[Ca].[Ca].[Ca].[Ca].[Li][Ca].[Li][Li].[Li][Li].[Sn].[Sn].[Sn].[Sn].[Sn].[Sn].[Sn].[Sn].[Sn].[Sn].[Sn]. The predicted octanol–water partition coefficient (Wildman–Crippen LogP) is -8.76. The van der Waals surface area contributed by atoms with Gasteiger partial charge in [-0.25, -0.2) is 0 Å². The van der Waals surface area contributed by atoms with Crippen molar-refractivity contribution in [2.24, 2.45) is 0 Å². The molecule has 0 aromatic carbocycles. The fourth-order valence-corrected chi connectivity index (χ4v) is 0. The van der Waals surface area contributed by atoms with E-state index in [4.69, 9.17) is 0 Å². The van der Waals surface area contributed by atoms with Gasteiger partial charge >= 0.3 is 105 Å². The molecule has 0 bridgehead atoms. The Hall–Kier alpha value is 20.6. The van der Waals surface area contributed by atoms with Crippen LogP contribution in [0.3, 0.4) is 0 Å². The summed E-state index contributed by atoms with van der Waals surface area (Å²) in [6.45, 7) is 0. The summed E-state index contributed by atoms with van der Waals surface area (Å²) < 4.78 is 0. The molecule has 0 heterocycles. The van der Waals surface area contributed by atoms with Crippen LogP contribution < -0.4 is 0 Å². The largest absolute Gasteiger partial charge is 0 e. The average molecular weight is 1620 g/mol. The molecule has 0 fully saturated rings. The van der Waals surface area contributed by atoms with Gasteiger partial charge in [-0.3, -0.25) is 0 Å². The Morgan fingerprint density at radius 2 is 0.261 bits per heavy atom. The van der Waals surface area contributed by atoms with E-state index < -0.39 is 0 Å². The summed E-state index contributed by atoms with van der Waals surface area (Å²) in [6.07, 6.45) is 0. The molecule has 23 heavy (non-hydrogen) atoms. The molecule has 0 nitrogen and oxygen atoms in total. The third kappa shape index (κ3) is 166. The molecule has 0 unspecified atom stereocenters. The third-order valence-corrected chi connectivity index (χ3v) is 0. The zero-order valence-corrected chi connectivity index (χ0v) is 62.3. The first-order valence-corrected chi connectivity index (χ1v) is 4.92. The van der Waals surface area contributed by atoms with Crippen molar-refractivity contribution >= 4 is 594 Å². The molecule has 57 radical (unpaired) electrons. The Morgan fingerprint density at radius 3 is 0.261 bits per heavy atom. The number of rotatable bonds is 0. The van der Waals surface area contributed by atoms with Gasteiger partial charge in [-0.15, -0.1) is 0 Å². The molecule has 0 saturated carbocycles. The minimum Gasteiger partial charge on any atom is 0 e. The monoisotopic (exact) mass is 1630 g/mol. The van der Waals surface area contributed by atoms with E-state index in [1.165, 1.54) is 32.3 Å². The van der Waals surface area contributed by atoms with Gasteiger partial charge in [0.1, 0.15) is 0 Å². The van der Waals surface area contributed by atoms with E-state index in [2.05, 4.69) is 11.1 Å². The van der Waals surface area contributed by atoms with Gasteiger partial charge in [0.25, 0.3) is 0 Å². The summed E-state index contributed by atoms with van der Waals surface area (Å²) in [4.78, 5) is 0. The van der Waals surface area contributed by atoms with Gasteiger partial charge in [-0.1, -0.05) is 0 Å². The maximum Gasteiger partial charge on any atom is 0 e. The molecular weight excluding hydrogens is 1620 g/mol. The first-order chi connectivity index (χ1) is 3.00. The van der Waals surface area contributed by atoms with Gasteiger partial charge in [0, 0.05) is 489 Å². The molecule has 0 aliphatic heterocycles. The van der Waals surface area contributed by atoms with Gasteiger partial charge in [0.05, 0.1) is 0 Å². The minimum atomic E-state index is 0. The van der Waals surface area contributed by atoms with Crippen molar-refractivity contribution in [1.29, 1.82) is 0 Å². The number of hydrogen-bond acceptors (Lipinski definition) is 0. The summed E-state index contributed by atoms with van der Waals surface area (Å²) in [5.41, 5.74) is 0. The Balaban J connectivity index is -0.000000000238. The standard InChI is InChI=1S/7Ca.5Li.11Sn. The van der Waals surface area contributed by atoms with E-state index >= 15 is 0 Å². The van der Waals surface area contributed by atoms with Crippen molar-refractivity contribution in [3.8, 4) is 0 Å². The Kier molecular flexibility index (Phi) is 1070. The Bertz CT molecular complexity index is 34.7. The minimum absolute atomic E-state index is 0. The van der Waals surface area contributed by atoms with Gasteiger partial charge in [-0.2, -0.15) is 0 Å². The molecule has 0 N–H and O–H groups in total. The summed E-state index contributed by atoms with van der Waals surface area (Å²) in [5.74, 6) is 0. The summed E-state index contributed by atoms with van der Waals surface area (Å²) in [6, 6.07) is 0. The van der Waals surface area contributed by atoms with Crippen LogP contribution in [0.1, 0.15) is 0 Å². The predicted molar refractivity (Wildman–Crippen MR) is 132 cm³/mol. The van der Waals surface area contributed by atoms with Crippen LogP contribution >= 0.6 is 0 Å². The second-order valence-electron chi connectivity index (χ2n) is 0. The van der Waals surface area contributed by atoms with Crippen molar-refractivity contribution < 1.29 is 0 Å². The Labute approximate surface area is 572 Å². The Morgan fingerprint density at radius 1 is 0.261 bits per heavy atom. The molecule has 0 spiro atoms. The second kappa shape index (κ2) is 174. The van der Waals surface area contributed by atoms with E-state index in [0.29, 0.717) is 0 Å². The van der Waals surface area contributed by atoms with Crippen LogP contribution in [-0.4, -0.2) is 594 Å². The smallest absolute Gasteiger partial charge is 0 e. The van der Waals surface area contributed by atoms with Crippen molar-refractivity contribution in [3.63, 3.8) is 0 Å². The van der Waals surface area contributed by atoms with Crippen molar-refractivity contribution in [2.45, 2.75) is 0 Å². The van der Waals surface area contributed by atoms with E-state index in [-0.39, 0.29) is 489 Å². The van der Waals surface area contributed by atoms with Crippen LogP contribution in [0, 0.1) is 0 Å². The third-order valence-electron chi connectivity index (χ3n) is 0. The normalized spacial score (nSPS) is 0.913. The molecule has 0 aromatic rings. The molecular formula is Ca7Li5Sn11. The van der Waals surface area contributed by atoms with Crippen molar-refractivity contribution in [2.75, 3.05) is 0 Å². The molecule has 0 rings (SSSR count). The van der Waals surface area contributed by atoms with Crippen molar-refractivity contribution in [3.05, 3.63) is 0 Å². The zero-order chi connectivity index (χ0) is 6.00. The maximum atomic E-state index is 2.12. The first kappa shape index (κ1) is 142. The molecule has 63 valence electrons. The first-order valence-electron chi connectivity index (χ1n) is 2.71. The van der Waals surface area contributed by atoms with Gasteiger partial charge in [0.15, 0.2) is 0 Å². The zero-order valence-electron chi connectivity index (χ0n) is 15.4. The molecule has 0 aliphatic carbocycles. The topological polar surface area (TPSA) is 0 Å².